The summed E-state index contributed by atoms with van der Waals surface area (Å²) in [4.78, 5) is 24.7. The lowest BCUT2D eigenvalue weighted by Crippen LogP contribution is -2.16. The molecule has 0 heterocycles. The molecule has 6 heteroatoms. The molecule has 6 nitrogen and oxygen atoms in total. The van der Waals surface area contributed by atoms with Crippen LogP contribution in [0.2, 0.25) is 0 Å². The van der Waals surface area contributed by atoms with Gasteiger partial charge in [-0.1, -0.05) is 36.4 Å². The van der Waals surface area contributed by atoms with E-state index in [0.29, 0.717) is 22.9 Å². The zero-order valence-electron chi connectivity index (χ0n) is 17.0. The van der Waals surface area contributed by atoms with Gasteiger partial charge in [0.25, 0.3) is 0 Å². The molecule has 0 saturated carbocycles. The monoisotopic (exact) mass is 404 g/mol. The summed E-state index contributed by atoms with van der Waals surface area (Å²) < 4.78 is 10.3. The Morgan fingerprint density at radius 2 is 1.10 bits per heavy atom. The molecule has 3 aromatic carbocycles. The van der Waals surface area contributed by atoms with Crippen molar-refractivity contribution in [1.82, 2.24) is 0 Å². The number of methoxy groups -OCH3 is 2. The lowest BCUT2D eigenvalue weighted by atomic mass is 10.1. The van der Waals surface area contributed by atoms with E-state index in [1.165, 1.54) is 0 Å². The summed E-state index contributed by atoms with van der Waals surface area (Å²) in [6.45, 7) is 0. The number of hydrogen-bond donors (Lipinski definition) is 2. The Morgan fingerprint density at radius 3 is 1.53 bits per heavy atom. The van der Waals surface area contributed by atoms with E-state index in [-0.39, 0.29) is 24.7 Å². The van der Waals surface area contributed by atoms with E-state index in [9.17, 15) is 9.59 Å². The first-order valence-electron chi connectivity index (χ1n) is 9.51. The normalized spacial score (nSPS) is 10.2. The largest absolute Gasteiger partial charge is 0.497 e. The SMILES string of the molecule is COc1cccc(NC(=O)Cc2cccc(CC(=O)Nc3cccc(OC)c3)c2)c1. The van der Waals surface area contributed by atoms with Crippen molar-refractivity contribution in [3.8, 4) is 11.5 Å². The van der Waals surface area contributed by atoms with Crippen molar-refractivity contribution in [3.63, 3.8) is 0 Å². The van der Waals surface area contributed by atoms with Crippen molar-refractivity contribution in [2.24, 2.45) is 0 Å². The van der Waals surface area contributed by atoms with Crippen LogP contribution in [0.3, 0.4) is 0 Å². The summed E-state index contributed by atoms with van der Waals surface area (Å²) in [5.74, 6) is 1.08. The number of hydrogen-bond acceptors (Lipinski definition) is 4. The Bertz CT molecular complexity index is 954. The van der Waals surface area contributed by atoms with Crippen LogP contribution in [-0.4, -0.2) is 26.0 Å². The second-order valence-electron chi connectivity index (χ2n) is 6.73. The fourth-order valence-corrected chi connectivity index (χ4v) is 3.03. The van der Waals surface area contributed by atoms with Crippen molar-refractivity contribution >= 4 is 23.2 Å². The smallest absolute Gasteiger partial charge is 0.228 e. The summed E-state index contributed by atoms with van der Waals surface area (Å²) >= 11 is 0. The van der Waals surface area contributed by atoms with Gasteiger partial charge in [-0.15, -0.1) is 0 Å². The maximum Gasteiger partial charge on any atom is 0.228 e. The van der Waals surface area contributed by atoms with Gasteiger partial charge in [0, 0.05) is 23.5 Å². The number of carbonyl (C=O) groups excluding carboxylic acids is 2. The van der Waals surface area contributed by atoms with Gasteiger partial charge >= 0.3 is 0 Å². The van der Waals surface area contributed by atoms with Crippen LogP contribution in [0.4, 0.5) is 11.4 Å². The maximum absolute atomic E-state index is 12.4. The molecule has 3 rings (SSSR count). The van der Waals surface area contributed by atoms with Gasteiger partial charge in [0.1, 0.15) is 11.5 Å². The van der Waals surface area contributed by atoms with Gasteiger partial charge in [-0.2, -0.15) is 0 Å². The van der Waals surface area contributed by atoms with Gasteiger partial charge in [0.15, 0.2) is 0 Å². The number of benzene rings is 3. The summed E-state index contributed by atoms with van der Waals surface area (Å²) in [5, 5.41) is 5.72. The van der Waals surface area contributed by atoms with Gasteiger partial charge in [-0.25, -0.2) is 0 Å². The van der Waals surface area contributed by atoms with Crippen LogP contribution < -0.4 is 20.1 Å². The fraction of sp³-hybridized carbons (Fsp3) is 0.167. The zero-order chi connectivity index (χ0) is 21.3. The fourth-order valence-electron chi connectivity index (χ4n) is 3.03. The van der Waals surface area contributed by atoms with Crippen LogP contribution >= 0.6 is 0 Å². The molecule has 0 spiro atoms. The molecule has 0 fully saturated rings. The number of nitrogens with one attached hydrogen (secondary N) is 2. The Morgan fingerprint density at radius 1 is 0.667 bits per heavy atom. The molecule has 0 unspecified atom stereocenters. The number of ether oxygens (including phenoxy) is 2. The highest BCUT2D eigenvalue weighted by Gasteiger charge is 2.09. The second kappa shape index (κ2) is 10.1. The first kappa shape index (κ1) is 20.9. The zero-order valence-corrected chi connectivity index (χ0v) is 17.0. The van der Waals surface area contributed by atoms with Gasteiger partial charge in [-0.05, 0) is 35.4 Å². The molecule has 0 bridgehead atoms. The van der Waals surface area contributed by atoms with Crippen molar-refractivity contribution in [2.45, 2.75) is 12.8 Å². The summed E-state index contributed by atoms with van der Waals surface area (Å²) in [7, 11) is 3.16. The molecule has 2 N–H and O–H groups in total. The third kappa shape index (κ3) is 6.10. The third-order valence-corrected chi connectivity index (χ3v) is 4.43. The van der Waals surface area contributed by atoms with Crippen molar-refractivity contribution in [2.75, 3.05) is 24.9 Å². The van der Waals surface area contributed by atoms with Gasteiger partial charge in [0.05, 0.1) is 27.1 Å². The van der Waals surface area contributed by atoms with Crippen LogP contribution in [-0.2, 0) is 22.4 Å². The average molecular weight is 404 g/mol. The maximum atomic E-state index is 12.4. The molecule has 0 aliphatic rings. The predicted molar refractivity (Wildman–Crippen MR) is 117 cm³/mol. The van der Waals surface area contributed by atoms with Crippen molar-refractivity contribution < 1.29 is 19.1 Å². The molecule has 3 aromatic rings. The Kier molecular flexibility index (Phi) is 7.05. The molecule has 0 radical (unpaired) electrons. The van der Waals surface area contributed by atoms with Crippen molar-refractivity contribution in [1.29, 1.82) is 0 Å². The number of carbonyl (C=O) groups is 2. The standard InChI is InChI=1S/C24H24N2O4/c1-29-21-10-4-8-19(15-21)25-23(27)13-17-6-3-7-18(12-17)14-24(28)26-20-9-5-11-22(16-20)30-2/h3-12,15-16H,13-14H2,1-2H3,(H,25,27)(H,26,28). The van der Waals surface area contributed by atoms with E-state index in [1.54, 1.807) is 38.5 Å². The van der Waals surface area contributed by atoms with Gasteiger partial charge < -0.3 is 20.1 Å². The molecule has 154 valence electrons. The average Bonchev–Trinajstić information content (AvgIpc) is 2.74. The molecule has 0 aromatic heterocycles. The molecule has 30 heavy (non-hydrogen) atoms. The molecular weight excluding hydrogens is 380 g/mol. The van der Waals surface area contributed by atoms with Crippen LogP contribution in [0.5, 0.6) is 11.5 Å². The topological polar surface area (TPSA) is 76.7 Å². The Hall–Kier alpha value is -3.80. The first-order valence-corrected chi connectivity index (χ1v) is 9.51. The number of anilines is 2. The molecule has 0 atom stereocenters. The lowest BCUT2D eigenvalue weighted by Gasteiger charge is -2.09. The highest BCUT2D eigenvalue weighted by atomic mass is 16.5. The highest BCUT2D eigenvalue weighted by Crippen LogP contribution is 2.18. The molecular formula is C24H24N2O4. The summed E-state index contributed by atoms with van der Waals surface area (Å²) in [6.07, 6.45) is 0.422. The molecule has 0 saturated heterocycles. The van der Waals surface area contributed by atoms with Crippen LogP contribution in [0.25, 0.3) is 0 Å². The predicted octanol–water partition coefficient (Wildman–Crippen LogP) is 4.07. The van der Waals surface area contributed by atoms with Crippen molar-refractivity contribution in [3.05, 3.63) is 83.9 Å². The van der Waals surface area contributed by atoms with E-state index in [2.05, 4.69) is 10.6 Å². The highest BCUT2D eigenvalue weighted by molar-refractivity contribution is 5.93. The van der Waals surface area contributed by atoms with Crippen LogP contribution in [0.1, 0.15) is 11.1 Å². The molecule has 2 amide bonds. The van der Waals surface area contributed by atoms with Crippen LogP contribution in [0.15, 0.2) is 72.8 Å². The van der Waals surface area contributed by atoms with Crippen LogP contribution in [0, 0.1) is 0 Å². The van der Waals surface area contributed by atoms with E-state index in [1.807, 2.05) is 48.5 Å². The number of amides is 2. The van der Waals surface area contributed by atoms with Gasteiger partial charge in [0.2, 0.25) is 11.8 Å². The quantitative estimate of drug-likeness (QED) is 0.593. The molecule has 0 aliphatic carbocycles. The van der Waals surface area contributed by atoms with E-state index < -0.39 is 0 Å². The summed E-state index contributed by atoms with van der Waals surface area (Å²) in [6, 6.07) is 21.9. The number of rotatable bonds is 8. The first-order chi connectivity index (χ1) is 14.6. The second-order valence-corrected chi connectivity index (χ2v) is 6.73. The van der Waals surface area contributed by atoms with E-state index in [0.717, 1.165) is 11.1 Å². The van der Waals surface area contributed by atoms with Gasteiger partial charge in [-0.3, -0.25) is 9.59 Å². The third-order valence-electron chi connectivity index (χ3n) is 4.43. The minimum absolute atomic E-state index is 0.138. The summed E-state index contributed by atoms with van der Waals surface area (Å²) in [5.41, 5.74) is 3.02. The Balaban J connectivity index is 1.58. The minimum atomic E-state index is -0.138. The lowest BCUT2D eigenvalue weighted by molar-refractivity contribution is -0.116. The Labute approximate surface area is 175 Å². The minimum Gasteiger partial charge on any atom is -0.497 e. The molecule has 0 aliphatic heterocycles. The van der Waals surface area contributed by atoms with E-state index in [4.69, 9.17) is 9.47 Å². The van der Waals surface area contributed by atoms with E-state index >= 15 is 0 Å².